The molecule has 0 aromatic heterocycles. The van der Waals surface area contributed by atoms with Crippen molar-refractivity contribution < 1.29 is 36.0 Å². The second-order valence-electron chi connectivity index (χ2n) is 1.45. The first-order valence-electron chi connectivity index (χ1n) is 2.23. The zero-order valence-corrected chi connectivity index (χ0v) is 6.99. The summed E-state index contributed by atoms with van der Waals surface area (Å²) in [6.45, 7) is 1.34. The fourth-order valence-electron chi connectivity index (χ4n) is 0.275. The number of Topliss-reactive ketones (excluding diaryl/α,β-unsaturated/α-hetero) is 1. The number of ether oxygens (including phenoxy) is 1. The van der Waals surface area contributed by atoms with Gasteiger partial charge in [0.1, 0.15) is 12.2 Å². The van der Waals surface area contributed by atoms with Crippen LogP contribution in [0.1, 0.15) is 13.3 Å². The second-order valence-corrected chi connectivity index (χ2v) is 1.45. The Morgan fingerprint density at radius 1 is 1.44 bits per heavy atom. The van der Waals surface area contributed by atoms with E-state index in [1.54, 1.807) is 0 Å². The van der Waals surface area contributed by atoms with E-state index in [0.29, 0.717) is 0 Å². The van der Waals surface area contributed by atoms with Gasteiger partial charge in [0.2, 0.25) is 0 Å². The quantitative estimate of drug-likeness (QED) is 0.331. The van der Waals surface area contributed by atoms with Crippen LogP contribution < -0.4 is 0 Å². The minimum atomic E-state index is -0.475. The molecule has 0 aliphatic carbocycles. The fourth-order valence-corrected chi connectivity index (χ4v) is 0.275. The minimum Gasteiger partial charge on any atom is -0.469 e. The number of hydrogen-bond acceptors (Lipinski definition) is 3. The zero-order chi connectivity index (χ0) is 6.57. The van der Waals surface area contributed by atoms with Gasteiger partial charge < -0.3 is 4.74 Å². The maximum absolute atomic E-state index is 10.2. The Balaban J connectivity index is 0. The van der Waals surface area contributed by atoms with E-state index in [-0.39, 0.29) is 33.9 Å². The first kappa shape index (κ1) is 11.6. The molecule has 0 unspecified atom stereocenters. The van der Waals surface area contributed by atoms with E-state index in [9.17, 15) is 9.59 Å². The summed E-state index contributed by atoms with van der Waals surface area (Å²) in [5.41, 5.74) is 0. The summed E-state index contributed by atoms with van der Waals surface area (Å²) >= 11 is 0. The second kappa shape index (κ2) is 5.98. The molecular weight excluding hydrogens is 156 g/mol. The van der Waals surface area contributed by atoms with Gasteiger partial charge in [-0.3, -0.25) is 9.59 Å². The molecule has 0 radical (unpaired) electrons. The van der Waals surface area contributed by atoms with Gasteiger partial charge in [-0.2, -0.15) is 0 Å². The van der Waals surface area contributed by atoms with Crippen molar-refractivity contribution in [1.29, 1.82) is 0 Å². The van der Waals surface area contributed by atoms with Crippen molar-refractivity contribution in [2.24, 2.45) is 0 Å². The molecule has 4 heteroatoms. The van der Waals surface area contributed by atoms with Crippen molar-refractivity contribution in [3.63, 3.8) is 0 Å². The van der Waals surface area contributed by atoms with Crippen LogP contribution in [0.2, 0.25) is 0 Å². The van der Waals surface area contributed by atoms with Crippen molar-refractivity contribution >= 4 is 11.8 Å². The van der Waals surface area contributed by atoms with Gasteiger partial charge in [-0.05, 0) is 6.92 Å². The van der Waals surface area contributed by atoms with E-state index < -0.39 is 5.97 Å². The van der Waals surface area contributed by atoms with Crippen LogP contribution in [-0.4, -0.2) is 18.9 Å². The molecule has 0 aliphatic rings. The van der Waals surface area contributed by atoms with Crippen molar-refractivity contribution in [3.8, 4) is 0 Å². The van der Waals surface area contributed by atoms with Crippen LogP contribution in [0.5, 0.6) is 0 Å². The van der Waals surface area contributed by atoms with Crippen LogP contribution >= 0.6 is 0 Å². The number of rotatable bonds is 2. The number of carbonyl (C=O) groups is 2. The van der Waals surface area contributed by atoms with Gasteiger partial charge in [0.05, 0.1) is 7.11 Å². The van der Waals surface area contributed by atoms with Gasteiger partial charge in [0, 0.05) is 21.7 Å². The van der Waals surface area contributed by atoms with E-state index >= 15 is 0 Å². The topological polar surface area (TPSA) is 43.4 Å². The molecule has 0 saturated heterocycles. The van der Waals surface area contributed by atoms with Gasteiger partial charge in [-0.1, -0.05) is 0 Å². The SMILES string of the molecule is COC(=O)CC(C)=O.[Ti]. The van der Waals surface area contributed by atoms with Crippen molar-refractivity contribution in [1.82, 2.24) is 0 Å². The van der Waals surface area contributed by atoms with Crippen LogP contribution in [0.15, 0.2) is 0 Å². The number of esters is 1. The Kier molecular flexibility index (Phi) is 7.73. The van der Waals surface area contributed by atoms with Crippen LogP contribution in [-0.2, 0) is 36.0 Å². The fraction of sp³-hybridized carbons (Fsp3) is 0.600. The molecule has 9 heavy (non-hydrogen) atoms. The summed E-state index contributed by atoms with van der Waals surface area (Å²) in [7, 11) is 1.26. The molecule has 0 aromatic rings. The zero-order valence-electron chi connectivity index (χ0n) is 5.43. The van der Waals surface area contributed by atoms with E-state index in [1.807, 2.05) is 0 Å². The smallest absolute Gasteiger partial charge is 0.313 e. The molecule has 0 N–H and O–H groups in total. The first-order chi connectivity index (χ1) is 3.66. The van der Waals surface area contributed by atoms with Gasteiger partial charge in [-0.15, -0.1) is 0 Å². The maximum Gasteiger partial charge on any atom is 0.313 e. The molecule has 0 atom stereocenters. The summed E-state index contributed by atoms with van der Waals surface area (Å²) in [4.78, 5) is 20.3. The number of methoxy groups -OCH3 is 1. The number of carbonyl (C=O) groups excluding carboxylic acids is 2. The molecule has 0 saturated carbocycles. The Labute approximate surface area is 68.6 Å². The Bertz CT molecular complexity index is 111. The van der Waals surface area contributed by atoms with Gasteiger partial charge in [0.15, 0.2) is 0 Å². The third kappa shape index (κ3) is 7.85. The summed E-state index contributed by atoms with van der Waals surface area (Å²) in [5.74, 6) is -0.644. The summed E-state index contributed by atoms with van der Waals surface area (Å²) in [5, 5.41) is 0. The summed E-state index contributed by atoms with van der Waals surface area (Å²) in [6, 6.07) is 0. The predicted octanol–water partition coefficient (Wildman–Crippen LogP) is 0.136. The van der Waals surface area contributed by atoms with Crippen LogP contribution in [0.25, 0.3) is 0 Å². The van der Waals surface area contributed by atoms with Crippen molar-refractivity contribution in [2.75, 3.05) is 7.11 Å². The maximum atomic E-state index is 10.2. The van der Waals surface area contributed by atoms with E-state index in [0.717, 1.165) is 0 Å². The summed E-state index contributed by atoms with van der Waals surface area (Å²) < 4.78 is 4.20. The van der Waals surface area contributed by atoms with E-state index in [2.05, 4.69) is 4.74 Å². The first-order valence-corrected chi connectivity index (χ1v) is 2.23. The molecule has 0 bridgehead atoms. The molecule has 0 spiro atoms. The predicted molar refractivity (Wildman–Crippen MR) is 27.3 cm³/mol. The molecule has 3 nitrogen and oxygen atoms in total. The average molecular weight is 164 g/mol. The molecular formula is C5H8O3Ti. The molecule has 0 fully saturated rings. The Morgan fingerprint density at radius 2 is 1.89 bits per heavy atom. The van der Waals surface area contributed by atoms with Gasteiger partial charge >= 0.3 is 5.97 Å². The molecule has 0 aliphatic heterocycles. The minimum absolute atomic E-state index is 0. The van der Waals surface area contributed by atoms with Crippen molar-refractivity contribution in [3.05, 3.63) is 0 Å². The monoisotopic (exact) mass is 164 g/mol. The molecule has 0 aromatic carbocycles. The molecule has 50 valence electrons. The largest absolute Gasteiger partial charge is 0.469 e. The van der Waals surface area contributed by atoms with Crippen LogP contribution in [0.3, 0.4) is 0 Å². The third-order valence-corrected chi connectivity index (χ3v) is 0.621. The van der Waals surface area contributed by atoms with E-state index in [1.165, 1.54) is 14.0 Å². The number of ketones is 1. The van der Waals surface area contributed by atoms with E-state index in [4.69, 9.17) is 0 Å². The molecule has 0 amide bonds. The van der Waals surface area contributed by atoms with Crippen LogP contribution in [0, 0.1) is 0 Å². The molecule has 0 heterocycles. The molecule has 0 rings (SSSR count). The number of hydrogen-bond donors (Lipinski definition) is 0. The third-order valence-electron chi connectivity index (χ3n) is 0.621. The van der Waals surface area contributed by atoms with Crippen LogP contribution in [0.4, 0.5) is 0 Å². The standard InChI is InChI=1S/C5H8O3.Ti/c1-4(6)3-5(7)8-2;/h3H2,1-2H3;. The normalized spacial score (nSPS) is 7.33. The summed E-state index contributed by atoms with van der Waals surface area (Å²) in [6.07, 6.45) is -0.115. The van der Waals surface area contributed by atoms with Crippen molar-refractivity contribution in [2.45, 2.75) is 13.3 Å². The van der Waals surface area contributed by atoms with Gasteiger partial charge in [-0.25, -0.2) is 0 Å². The Morgan fingerprint density at radius 3 is 2.00 bits per heavy atom. The Hall–Kier alpha value is -0.146. The van der Waals surface area contributed by atoms with Gasteiger partial charge in [0.25, 0.3) is 0 Å². The average Bonchev–Trinajstić information content (AvgIpc) is 1.65.